The van der Waals surface area contributed by atoms with Crippen molar-refractivity contribution in [3.63, 3.8) is 0 Å². The molecule has 0 bridgehead atoms. The normalized spacial score (nSPS) is 26.7. The van der Waals surface area contributed by atoms with E-state index in [1.165, 1.54) is 12.8 Å². The highest BCUT2D eigenvalue weighted by Crippen LogP contribution is 2.18. The molecule has 0 aromatic carbocycles. The van der Waals surface area contributed by atoms with Crippen LogP contribution < -0.4 is 5.32 Å². The number of nitrogens with one attached hydrogen (secondary N) is 1. The van der Waals surface area contributed by atoms with Crippen LogP contribution in [-0.4, -0.2) is 49.2 Å². The van der Waals surface area contributed by atoms with Crippen molar-refractivity contribution in [3.05, 3.63) is 0 Å². The van der Waals surface area contributed by atoms with Crippen molar-refractivity contribution in [2.24, 2.45) is 0 Å². The quantitative estimate of drug-likeness (QED) is 0.732. The second-order valence-corrected chi connectivity index (χ2v) is 4.50. The Kier molecular flexibility index (Phi) is 3.59. The fraction of sp³-hybridized carbons (Fsp3) is 0.909. The Morgan fingerprint density at radius 3 is 3.00 bits per heavy atom. The monoisotopic (exact) mass is 212 g/mol. The van der Waals surface area contributed by atoms with Gasteiger partial charge >= 0.3 is 0 Å². The molecule has 1 amide bonds. The molecule has 1 unspecified atom stereocenters. The standard InChI is InChI=1S/C11H20N2O2/c1-9-8-13(6-7-15-9)11(14)4-5-12-10-2-3-10/h9-10,12H,2-8H2,1H3. The van der Waals surface area contributed by atoms with E-state index in [1.807, 2.05) is 11.8 Å². The molecule has 1 saturated carbocycles. The van der Waals surface area contributed by atoms with Crippen LogP contribution in [0.15, 0.2) is 0 Å². The summed E-state index contributed by atoms with van der Waals surface area (Å²) in [6.45, 7) is 5.04. The van der Waals surface area contributed by atoms with Crippen LogP contribution in [0.5, 0.6) is 0 Å². The predicted molar refractivity (Wildman–Crippen MR) is 57.6 cm³/mol. The maximum atomic E-state index is 11.8. The first-order chi connectivity index (χ1) is 7.25. The number of ether oxygens (including phenoxy) is 1. The van der Waals surface area contributed by atoms with E-state index < -0.39 is 0 Å². The van der Waals surface area contributed by atoms with E-state index >= 15 is 0 Å². The minimum atomic E-state index is 0.194. The van der Waals surface area contributed by atoms with Crippen molar-refractivity contribution in [2.75, 3.05) is 26.2 Å². The number of hydrogen-bond acceptors (Lipinski definition) is 3. The lowest BCUT2D eigenvalue weighted by Gasteiger charge is -2.31. The van der Waals surface area contributed by atoms with Gasteiger partial charge in [0.1, 0.15) is 0 Å². The Hall–Kier alpha value is -0.610. The Morgan fingerprint density at radius 2 is 2.33 bits per heavy atom. The Balaban J connectivity index is 1.64. The summed E-state index contributed by atoms with van der Waals surface area (Å²) in [5.74, 6) is 0.262. The summed E-state index contributed by atoms with van der Waals surface area (Å²) in [6.07, 6.45) is 3.38. The maximum absolute atomic E-state index is 11.8. The molecule has 1 aliphatic carbocycles. The van der Waals surface area contributed by atoms with E-state index in [0.717, 1.165) is 19.6 Å². The summed E-state index contributed by atoms with van der Waals surface area (Å²) in [7, 11) is 0. The fourth-order valence-corrected chi connectivity index (χ4v) is 1.87. The largest absolute Gasteiger partial charge is 0.375 e. The number of rotatable bonds is 4. The Bertz CT molecular complexity index is 229. The van der Waals surface area contributed by atoms with E-state index in [1.54, 1.807) is 0 Å². The zero-order valence-electron chi connectivity index (χ0n) is 9.37. The van der Waals surface area contributed by atoms with Crippen LogP contribution in [0.2, 0.25) is 0 Å². The third kappa shape index (κ3) is 3.47. The van der Waals surface area contributed by atoms with Crippen LogP contribution in [0.25, 0.3) is 0 Å². The highest BCUT2D eigenvalue weighted by atomic mass is 16.5. The molecule has 0 radical (unpaired) electrons. The van der Waals surface area contributed by atoms with Crippen LogP contribution in [-0.2, 0) is 9.53 Å². The van der Waals surface area contributed by atoms with Crippen LogP contribution in [0.1, 0.15) is 26.2 Å². The first-order valence-corrected chi connectivity index (χ1v) is 5.88. The van der Waals surface area contributed by atoms with Crippen LogP contribution in [0, 0.1) is 0 Å². The molecule has 1 aliphatic heterocycles. The number of carbonyl (C=O) groups excluding carboxylic acids is 1. The van der Waals surface area contributed by atoms with Gasteiger partial charge in [0.2, 0.25) is 5.91 Å². The van der Waals surface area contributed by atoms with Gasteiger partial charge < -0.3 is 15.0 Å². The SMILES string of the molecule is CC1CN(C(=O)CCNC2CC2)CCO1. The summed E-state index contributed by atoms with van der Waals surface area (Å²) < 4.78 is 5.40. The molecule has 1 atom stereocenters. The van der Waals surface area contributed by atoms with Gasteiger partial charge in [0.15, 0.2) is 0 Å². The van der Waals surface area contributed by atoms with Crippen molar-refractivity contribution in [1.82, 2.24) is 10.2 Å². The number of morpholine rings is 1. The molecule has 2 rings (SSSR count). The highest BCUT2D eigenvalue weighted by molar-refractivity contribution is 5.76. The number of amides is 1. The molecule has 1 N–H and O–H groups in total. The van der Waals surface area contributed by atoms with E-state index in [0.29, 0.717) is 19.1 Å². The second-order valence-electron chi connectivity index (χ2n) is 4.50. The zero-order chi connectivity index (χ0) is 10.7. The molecule has 2 aliphatic rings. The minimum absolute atomic E-state index is 0.194. The van der Waals surface area contributed by atoms with Gasteiger partial charge in [-0.1, -0.05) is 0 Å². The lowest BCUT2D eigenvalue weighted by atomic mass is 10.2. The molecule has 1 heterocycles. The molecule has 4 heteroatoms. The molecule has 0 aromatic rings. The zero-order valence-corrected chi connectivity index (χ0v) is 9.37. The second kappa shape index (κ2) is 4.94. The molecule has 1 saturated heterocycles. The molecule has 86 valence electrons. The van der Waals surface area contributed by atoms with Gasteiger partial charge in [-0.05, 0) is 19.8 Å². The summed E-state index contributed by atoms with van der Waals surface area (Å²) in [5, 5.41) is 3.36. The van der Waals surface area contributed by atoms with Crippen molar-refractivity contribution in [1.29, 1.82) is 0 Å². The van der Waals surface area contributed by atoms with Crippen molar-refractivity contribution >= 4 is 5.91 Å². The van der Waals surface area contributed by atoms with Gasteiger partial charge in [-0.25, -0.2) is 0 Å². The van der Waals surface area contributed by atoms with Crippen LogP contribution in [0.4, 0.5) is 0 Å². The lowest BCUT2D eigenvalue weighted by molar-refractivity contribution is -0.138. The van der Waals surface area contributed by atoms with E-state index in [4.69, 9.17) is 4.74 Å². The Labute approximate surface area is 91.0 Å². The van der Waals surface area contributed by atoms with Gasteiger partial charge in [-0.3, -0.25) is 4.79 Å². The van der Waals surface area contributed by atoms with Crippen LogP contribution in [0.3, 0.4) is 0 Å². The smallest absolute Gasteiger partial charge is 0.224 e. The van der Waals surface area contributed by atoms with Gasteiger partial charge in [-0.2, -0.15) is 0 Å². The van der Waals surface area contributed by atoms with Gasteiger partial charge in [-0.15, -0.1) is 0 Å². The number of nitrogens with zero attached hydrogens (tertiary/aromatic N) is 1. The third-order valence-corrected chi connectivity index (χ3v) is 2.94. The van der Waals surface area contributed by atoms with E-state index in [-0.39, 0.29) is 12.0 Å². The first kappa shape index (κ1) is 10.9. The summed E-state index contributed by atoms with van der Waals surface area (Å²) in [5.41, 5.74) is 0. The predicted octanol–water partition coefficient (Wildman–Crippen LogP) is 0.376. The van der Waals surface area contributed by atoms with E-state index in [2.05, 4.69) is 5.32 Å². The molecule has 15 heavy (non-hydrogen) atoms. The average Bonchev–Trinajstić information content (AvgIpc) is 3.01. The van der Waals surface area contributed by atoms with Crippen molar-refractivity contribution < 1.29 is 9.53 Å². The lowest BCUT2D eigenvalue weighted by Crippen LogP contribution is -2.45. The summed E-state index contributed by atoms with van der Waals surface area (Å²) in [4.78, 5) is 13.7. The summed E-state index contributed by atoms with van der Waals surface area (Å²) in [6, 6.07) is 0.696. The molecule has 4 nitrogen and oxygen atoms in total. The van der Waals surface area contributed by atoms with Crippen molar-refractivity contribution in [2.45, 2.75) is 38.3 Å². The molecular weight excluding hydrogens is 192 g/mol. The van der Waals surface area contributed by atoms with Gasteiger partial charge in [0, 0.05) is 32.1 Å². The first-order valence-electron chi connectivity index (χ1n) is 5.88. The average molecular weight is 212 g/mol. The molecule has 0 aromatic heterocycles. The minimum Gasteiger partial charge on any atom is -0.375 e. The molecule has 2 fully saturated rings. The maximum Gasteiger partial charge on any atom is 0.224 e. The van der Waals surface area contributed by atoms with Crippen molar-refractivity contribution in [3.8, 4) is 0 Å². The third-order valence-electron chi connectivity index (χ3n) is 2.94. The Morgan fingerprint density at radius 1 is 1.53 bits per heavy atom. The molecular formula is C11H20N2O2. The van der Waals surface area contributed by atoms with Crippen LogP contribution >= 0.6 is 0 Å². The fourth-order valence-electron chi connectivity index (χ4n) is 1.87. The highest BCUT2D eigenvalue weighted by Gasteiger charge is 2.23. The summed E-state index contributed by atoms with van der Waals surface area (Å²) >= 11 is 0. The van der Waals surface area contributed by atoms with E-state index in [9.17, 15) is 4.79 Å². The topological polar surface area (TPSA) is 41.6 Å². The van der Waals surface area contributed by atoms with Gasteiger partial charge in [0.05, 0.1) is 12.7 Å². The number of carbonyl (C=O) groups is 1. The molecule has 0 spiro atoms. The number of hydrogen-bond donors (Lipinski definition) is 1. The van der Waals surface area contributed by atoms with Gasteiger partial charge in [0.25, 0.3) is 0 Å².